The van der Waals surface area contributed by atoms with Gasteiger partial charge in [0.05, 0.1) is 18.9 Å². The van der Waals surface area contributed by atoms with E-state index in [4.69, 9.17) is 16.3 Å². The van der Waals surface area contributed by atoms with Crippen LogP contribution in [0, 0.1) is 13.8 Å². The molecule has 164 valence electrons. The third-order valence-electron chi connectivity index (χ3n) is 5.25. The van der Waals surface area contributed by atoms with E-state index >= 15 is 0 Å². The van der Waals surface area contributed by atoms with E-state index in [1.807, 2.05) is 54.8 Å². The number of hydrogen-bond donors (Lipinski definition) is 1. The van der Waals surface area contributed by atoms with Crippen LogP contribution in [0.25, 0.3) is 16.9 Å². The van der Waals surface area contributed by atoms with Crippen molar-refractivity contribution in [2.24, 2.45) is 0 Å². The quantitative estimate of drug-likeness (QED) is 0.659. The number of rotatable bonds is 2. The minimum Gasteiger partial charge on any atom is -0.378 e. The Morgan fingerprint density at radius 1 is 1.13 bits per heavy atom. The minimum atomic E-state index is -0.0897. The van der Waals surface area contributed by atoms with Crippen LogP contribution in [0.1, 0.15) is 28.5 Å². The Labute approximate surface area is 187 Å². The molecule has 7 nitrogen and oxygen atoms in total. The second-order valence-corrected chi connectivity index (χ2v) is 7.78. The standard InChI is InChI=1S/C17H16ClN3O.C6H11NO2/c1-10-8-12(17(22)19-3)4-5-14(10)16-11(2)21-7-6-13(18)9-15(21)20-16;1-6(8)7-2-4-9-5-3-7/h4-9H,1-3H3,(H,19,22);2-5H2,1H3. The second-order valence-electron chi connectivity index (χ2n) is 7.35. The molecule has 3 heterocycles. The topological polar surface area (TPSA) is 75.9 Å². The normalized spacial score (nSPS) is 13.5. The van der Waals surface area contributed by atoms with Crippen molar-refractivity contribution in [1.82, 2.24) is 19.6 Å². The number of ether oxygens (including phenoxy) is 1. The first-order chi connectivity index (χ1) is 14.8. The van der Waals surface area contributed by atoms with Crippen molar-refractivity contribution in [3.05, 3.63) is 58.4 Å². The molecule has 0 unspecified atom stereocenters. The van der Waals surface area contributed by atoms with Crippen LogP contribution in [0.2, 0.25) is 5.02 Å². The van der Waals surface area contributed by atoms with Gasteiger partial charge in [-0.25, -0.2) is 4.98 Å². The van der Waals surface area contributed by atoms with Gasteiger partial charge in [-0.05, 0) is 37.6 Å². The zero-order chi connectivity index (χ0) is 22.5. The van der Waals surface area contributed by atoms with Crippen molar-refractivity contribution in [2.45, 2.75) is 20.8 Å². The summed E-state index contributed by atoms with van der Waals surface area (Å²) in [6.07, 6.45) is 1.91. The number of nitrogens with zero attached hydrogens (tertiary/aromatic N) is 3. The Hall–Kier alpha value is -2.90. The average molecular weight is 443 g/mol. The molecule has 1 fully saturated rings. The van der Waals surface area contributed by atoms with Gasteiger partial charge in [-0.1, -0.05) is 17.7 Å². The number of pyridine rings is 1. The fraction of sp³-hybridized carbons (Fsp3) is 0.348. The van der Waals surface area contributed by atoms with Crippen molar-refractivity contribution >= 4 is 29.1 Å². The van der Waals surface area contributed by atoms with Crippen molar-refractivity contribution in [3.63, 3.8) is 0 Å². The number of carbonyl (C=O) groups is 2. The highest BCUT2D eigenvalue weighted by Crippen LogP contribution is 2.28. The molecule has 1 aliphatic rings. The highest BCUT2D eigenvalue weighted by Gasteiger charge is 2.14. The van der Waals surface area contributed by atoms with Gasteiger partial charge >= 0.3 is 0 Å². The molecular formula is C23H27ClN4O3. The minimum absolute atomic E-state index is 0.0897. The number of fused-ring (bicyclic) bond motifs is 1. The van der Waals surface area contributed by atoms with Gasteiger partial charge in [0.2, 0.25) is 5.91 Å². The van der Waals surface area contributed by atoms with Gasteiger partial charge in [-0.15, -0.1) is 0 Å². The average Bonchev–Trinajstić information content (AvgIpc) is 3.09. The summed E-state index contributed by atoms with van der Waals surface area (Å²) in [4.78, 5) is 28.9. The number of imidazole rings is 1. The zero-order valence-electron chi connectivity index (χ0n) is 18.2. The molecular weight excluding hydrogens is 416 g/mol. The fourth-order valence-corrected chi connectivity index (χ4v) is 3.64. The van der Waals surface area contributed by atoms with Gasteiger partial charge in [0.25, 0.3) is 5.91 Å². The van der Waals surface area contributed by atoms with Crippen molar-refractivity contribution in [3.8, 4) is 11.3 Å². The van der Waals surface area contributed by atoms with Gasteiger partial charge in [0.15, 0.2) is 0 Å². The molecule has 0 aliphatic carbocycles. The number of carbonyl (C=O) groups excluding carboxylic acids is 2. The molecule has 2 amide bonds. The summed E-state index contributed by atoms with van der Waals surface area (Å²) in [6.45, 7) is 8.50. The van der Waals surface area contributed by atoms with E-state index in [2.05, 4.69) is 10.3 Å². The molecule has 0 saturated carbocycles. The summed E-state index contributed by atoms with van der Waals surface area (Å²) in [5.41, 5.74) is 5.44. The first-order valence-electron chi connectivity index (χ1n) is 10.1. The predicted molar refractivity (Wildman–Crippen MR) is 122 cm³/mol. The van der Waals surface area contributed by atoms with Gasteiger partial charge in [0, 0.05) is 61.2 Å². The van der Waals surface area contributed by atoms with Crippen molar-refractivity contribution in [1.29, 1.82) is 0 Å². The summed E-state index contributed by atoms with van der Waals surface area (Å²) in [6, 6.07) is 9.32. The lowest BCUT2D eigenvalue weighted by Crippen LogP contribution is -2.39. The summed E-state index contributed by atoms with van der Waals surface area (Å²) in [5.74, 6) is 0.0615. The second kappa shape index (κ2) is 9.94. The zero-order valence-corrected chi connectivity index (χ0v) is 19.0. The summed E-state index contributed by atoms with van der Waals surface area (Å²) in [7, 11) is 1.63. The lowest BCUT2D eigenvalue weighted by atomic mass is 10.0. The third-order valence-corrected chi connectivity index (χ3v) is 5.49. The molecule has 2 aromatic heterocycles. The molecule has 1 saturated heterocycles. The first kappa shape index (κ1) is 22.8. The largest absolute Gasteiger partial charge is 0.378 e. The van der Waals surface area contributed by atoms with Gasteiger partial charge < -0.3 is 19.4 Å². The van der Waals surface area contributed by atoms with Crippen LogP contribution in [0.15, 0.2) is 36.5 Å². The molecule has 8 heteroatoms. The first-order valence-corrected chi connectivity index (χ1v) is 10.5. The van der Waals surface area contributed by atoms with Crippen LogP contribution >= 0.6 is 11.6 Å². The number of benzene rings is 1. The molecule has 4 rings (SSSR count). The van der Waals surface area contributed by atoms with Crippen LogP contribution < -0.4 is 5.32 Å². The van der Waals surface area contributed by atoms with Crippen molar-refractivity contribution in [2.75, 3.05) is 33.4 Å². The van der Waals surface area contributed by atoms with E-state index in [1.165, 1.54) is 0 Å². The number of amides is 2. The van der Waals surface area contributed by atoms with Crippen LogP contribution in [-0.2, 0) is 9.53 Å². The molecule has 1 aromatic carbocycles. The van der Waals surface area contributed by atoms with Crippen LogP contribution in [0.4, 0.5) is 0 Å². The number of hydrogen-bond acceptors (Lipinski definition) is 4. The van der Waals surface area contributed by atoms with Gasteiger partial charge in [-0.3, -0.25) is 9.59 Å². The maximum atomic E-state index is 11.7. The van der Waals surface area contributed by atoms with E-state index in [-0.39, 0.29) is 11.8 Å². The third kappa shape index (κ3) is 5.24. The van der Waals surface area contributed by atoms with Gasteiger partial charge in [-0.2, -0.15) is 0 Å². The molecule has 3 aromatic rings. The molecule has 31 heavy (non-hydrogen) atoms. The fourth-order valence-electron chi connectivity index (χ4n) is 3.49. The summed E-state index contributed by atoms with van der Waals surface area (Å²) >= 11 is 6.03. The van der Waals surface area contributed by atoms with E-state index in [0.29, 0.717) is 23.8 Å². The predicted octanol–water partition coefficient (Wildman–Crippen LogP) is 3.50. The maximum absolute atomic E-state index is 11.7. The highest BCUT2D eigenvalue weighted by molar-refractivity contribution is 6.30. The van der Waals surface area contributed by atoms with Crippen LogP contribution in [0.3, 0.4) is 0 Å². The highest BCUT2D eigenvalue weighted by atomic mass is 35.5. The Morgan fingerprint density at radius 3 is 2.42 bits per heavy atom. The Bertz CT molecular complexity index is 1100. The van der Waals surface area contributed by atoms with Crippen LogP contribution in [-0.4, -0.2) is 59.4 Å². The SMILES string of the molecule is CC(=O)N1CCOCC1.CNC(=O)c1ccc(-c2nc3cc(Cl)ccn3c2C)c(C)c1. The molecule has 0 radical (unpaired) electrons. The summed E-state index contributed by atoms with van der Waals surface area (Å²) in [5, 5.41) is 3.30. The van der Waals surface area contributed by atoms with Crippen molar-refractivity contribution < 1.29 is 14.3 Å². The Morgan fingerprint density at radius 2 is 1.84 bits per heavy atom. The van der Waals surface area contributed by atoms with Crippen LogP contribution in [0.5, 0.6) is 0 Å². The number of nitrogens with one attached hydrogen (secondary N) is 1. The lowest BCUT2D eigenvalue weighted by Gasteiger charge is -2.25. The molecule has 0 atom stereocenters. The number of halogens is 1. The lowest BCUT2D eigenvalue weighted by molar-refractivity contribution is -0.132. The number of aryl methyl sites for hydroxylation is 2. The summed E-state index contributed by atoms with van der Waals surface area (Å²) < 4.78 is 7.06. The Balaban J connectivity index is 0.000000254. The molecule has 0 spiro atoms. The van der Waals surface area contributed by atoms with Gasteiger partial charge in [0.1, 0.15) is 5.65 Å². The molecule has 1 N–H and O–H groups in total. The number of morpholine rings is 1. The van der Waals surface area contributed by atoms with E-state index in [0.717, 1.165) is 41.3 Å². The molecule has 0 bridgehead atoms. The molecule has 1 aliphatic heterocycles. The number of aromatic nitrogens is 2. The van der Waals surface area contributed by atoms with E-state index < -0.39 is 0 Å². The maximum Gasteiger partial charge on any atom is 0.251 e. The Kier molecular flexibility index (Phi) is 7.30. The van der Waals surface area contributed by atoms with E-state index in [9.17, 15) is 9.59 Å². The smallest absolute Gasteiger partial charge is 0.251 e. The van der Waals surface area contributed by atoms with E-state index in [1.54, 1.807) is 18.9 Å². The monoisotopic (exact) mass is 442 g/mol.